The van der Waals surface area contributed by atoms with Crippen LogP contribution in [0.3, 0.4) is 0 Å². The largest absolute Gasteiger partial charge is 0.391 e. The summed E-state index contributed by atoms with van der Waals surface area (Å²) in [5, 5.41) is 15.3. The van der Waals surface area contributed by atoms with Gasteiger partial charge in [-0.2, -0.15) is 0 Å². The molecule has 1 aliphatic heterocycles. The van der Waals surface area contributed by atoms with Gasteiger partial charge in [-0.15, -0.1) is 12.4 Å². The van der Waals surface area contributed by atoms with Crippen molar-refractivity contribution in [3.63, 3.8) is 0 Å². The average molecular weight is 289 g/mol. The number of aliphatic hydroxyl groups excluding tert-OH is 1. The van der Waals surface area contributed by atoms with Crippen LogP contribution in [0.2, 0.25) is 0 Å². The number of halogens is 2. The molecule has 1 aromatic carbocycles. The molecule has 0 saturated carbocycles. The highest BCUT2D eigenvalue weighted by atomic mass is 35.5. The molecule has 1 fully saturated rings. The maximum Gasteiger partial charge on any atom is 0.254 e. The first kappa shape index (κ1) is 15.9. The molecule has 106 valence electrons. The van der Waals surface area contributed by atoms with E-state index in [1.165, 1.54) is 12.1 Å². The van der Waals surface area contributed by atoms with Gasteiger partial charge in [-0.3, -0.25) is 4.79 Å². The number of amides is 1. The highest BCUT2D eigenvalue weighted by Crippen LogP contribution is 2.11. The molecule has 2 rings (SSSR count). The third kappa shape index (κ3) is 3.89. The zero-order valence-electron chi connectivity index (χ0n) is 10.6. The number of carbonyl (C=O) groups excluding carboxylic acids is 1. The van der Waals surface area contributed by atoms with Gasteiger partial charge in [0.2, 0.25) is 0 Å². The second-order valence-electron chi connectivity index (χ2n) is 4.68. The van der Waals surface area contributed by atoms with Gasteiger partial charge < -0.3 is 15.7 Å². The quantitative estimate of drug-likeness (QED) is 0.773. The molecular weight excluding hydrogens is 271 g/mol. The van der Waals surface area contributed by atoms with E-state index in [0.29, 0.717) is 19.6 Å². The van der Waals surface area contributed by atoms with Gasteiger partial charge >= 0.3 is 0 Å². The monoisotopic (exact) mass is 288 g/mol. The van der Waals surface area contributed by atoms with Crippen molar-refractivity contribution in [2.75, 3.05) is 19.6 Å². The van der Waals surface area contributed by atoms with Gasteiger partial charge in [0.05, 0.1) is 11.7 Å². The second kappa shape index (κ2) is 6.84. The summed E-state index contributed by atoms with van der Waals surface area (Å²) in [6, 6.07) is 4.43. The maximum atomic E-state index is 13.5. The Morgan fingerprint density at radius 2 is 2.26 bits per heavy atom. The molecule has 1 aliphatic rings. The minimum Gasteiger partial charge on any atom is -0.391 e. The van der Waals surface area contributed by atoms with Crippen LogP contribution in [0.5, 0.6) is 0 Å². The number of benzene rings is 1. The van der Waals surface area contributed by atoms with Crippen molar-refractivity contribution in [2.45, 2.75) is 13.0 Å². The van der Waals surface area contributed by atoms with Crippen LogP contribution in [-0.4, -0.2) is 36.8 Å². The van der Waals surface area contributed by atoms with E-state index in [4.69, 9.17) is 0 Å². The van der Waals surface area contributed by atoms with Gasteiger partial charge in [0.15, 0.2) is 0 Å². The Morgan fingerprint density at radius 3 is 2.89 bits per heavy atom. The molecular formula is C13H18ClFN2O2. The molecule has 0 radical (unpaired) electrons. The summed E-state index contributed by atoms with van der Waals surface area (Å²) in [4.78, 5) is 11.8. The molecule has 1 heterocycles. The number of hydrogen-bond acceptors (Lipinski definition) is 3. The van der Waals surface area contributed by atoms with Gasteiger partial charge in [0, 0.05) is 25.6 Å². The number of β-amino-alcohol motifs (C(OH)–C–C–N with tert-alkyl or cyclic N) is 1. The second-order valence-corrected chi connectivity index (χ2v) is 4.68. The Bertz CT molecular complexity index is 456. The molecule has 0 aromatic heterocycles. The van der Waals surface area contributed by atoms with Crippen LogP contribution in [0.1, 0.15) is 15.9 Å². The van der Waals surface area contributed by atoms with Crippen LogP contribution < -0.4 is 10.6 Å². The van der Waals surface area contributed by atoms with Crippen LogP contribution in [0, 0.1) is 18.7 Å². The molecule has 3 N–H and O–H groups in total. The normalized spacial score (nSPS) is 21.8. The first-order valence-corrected chi connectivity index (χ1v) is 6.01. The smallest absolute Gasteiger partial charge is 0.254 e. The number of rotatable bonds is 3. The van der Waals surface area contributed by atoms with Gasteiger partial charge in [0.25, 0.3) is 5.91 Å². The van der Waals surface area contributed by atoms with Crippen LogP contribution in [0.15, 0.2) is 18.2 Å². The Balaban J connectivity index is 0.00000180. The minimum atomic E-state index is -0.525. The molecule has 0 aliphatic carbocycles. The van der Waals surface area contributed by atoms with Crippen LogP contribution in [0.4, 0.5) is 4.39 Å². The summed E-state index contributed by atoms with van der Waals surface area (Å²) >= 11 is 0. The first-order chi connectivity index (χ1) is 8.58. The highest BCUT2D eigenvalue weighted by molar-refractivity contribution is 5.94. The van der Waals surface area contributed by atoms with Crippen LogP contribution >= 0.6 is 12.4 Å². The summed E-state index contributed by atoms with van der Waals surface area (Å²) in [6.07, 6.45) is -0.451. The molecule has 6 heteroatoms. The summed E-state index contributed by atoms with van der Waals surface area (Å²) < 4.78 is 13.5. The number of carbonyl (C=O) groups is 1. The van der Waals surface area contributed by atoms with Crippen molar-refractivity contribution >= 4 is 18.3 Å². The van der Waals surface area contributed by atoms with Crippen molar-refractivity contribution in [1.82, 2.24) is 10.6 Å². The number of hydrogen-bond donors (Lipinski definition) is 3. The van der Waals surface area contributed by atoms with Crippen molar-refractivity contribution in [3.05, 3.63) is 35.1 Å². The molecule has 1 saturated heterocycles. The lowest BCUT2D eigenvalue weighted by molar-refractivity contribution is 0.0923. The van der Waals surface area contributed by atoms with E-state index in [2.05, 4.69) is 10.6 Å². The number of aliphatic hydroxyl groups is 1. The molecule has 0 bridgehead atoms. The zero-order chi connectivity index (χ0) is 13.1. The fraction of sp³-hybridized carbons (Fsp3) is 0.462. The Morgan fingerprint density at radius 1 is 1.53 bits per heavy atom. The lowest BCUT2D eigenvalue weighted by Gasteiger charge is -2.14. The molecule has 1 aromatic rings. The summed E-state index contributed by atoms with van der Waals surface area (Å²) in [7, 11) is 0. The molecule has 19 heavy (non-hydrogen) atoms. The minimum absolute atomic E-state index is 0. The van der Waals surface area contributed by atoms with Crippen molar-refractivity contribution in [1.29, 1.82) is 0 Å². The summed E-state index contributed by atoms with van der Waals surface area (Å²) in [5.74, 6) is -0.972. The lowest BCUT2D eigenvalue weighted by atomic mass is 10.1. The highest BCUT2D eigenvalue weighted by Gasteiger charge is 2.25. The maximum absolute atomic E-state index is 13.5. The van der Waals surface area contributed by atoms with Crippen molar-refractivity contribution in [3.8, 4) is 0 Å². The third-order valence-electron chi connectivity index (χ3n) is 3.20. The Labute approximate surface area is 117 Å². The third-order valence-corrected chi connectivity index (χ3v) is 3.20. The summed E-state index contributed by atoms with van der Waals surface area (Å²) in [5.41, 5.74) is 0.888. The summed E-state index contributed by atoms with van der Waals surface area (Å²) in [6.45, 7) is 3.36. The number of nitrogens with one attached hydrogen (secondary N) is 2. The van der Waals surface area contributed by atoms with E-state index < -0.39 is 17.8 Å². The topological polar surface area (TPSA) is 61.4 Å². The molecule has 1 amide bonds. The zero-order valence-corrected chi connectivity index (χ0v) is 11.5. The van der Waals surface area contributed by atoms with E-state index in [1.807, 2.05) is 0 Å². The van der Waals surface area contributed by atoms with E-state index in [9.17, 15) is 14.3 Å². The van der Waals surface area contributed by atoms with E-state index >= 15 is 0 Å². The lowest BCUT2D eigenvalue weighted by Crippen LogP contribution is -2.34. The van der Waals surface area contributed by atoms with E-state index in [1.54, 1.807) is 13.0 Å². The number of aryl methyl sites for hydroxylation is 1. The molecule has 0 spiro atoms. The fourth-order valence-corrected chi connectivity index (χ4v) is 2.06. The standard InChI is InChI=1S/C13H17FN2O2.ClH/c1-8-2-3-11(14)10(4-8)13(18)16-6-9-5-15-7-12(9)17;/h2-4,9,12,15,17H,5-7H2,1H3,(H,16,18);1H. The predicted octanol–water partition coefficient (Wildman–Crippen LogP) is 0.866. The molecule has 2 atom stereocenters. The van der Waals surface area contributed by atoms with Crippen molar-refractivity contribution < 1.29 is 14.3 Å². The van der Waals surface area contributed by atoms with E-state index in [-0.39, 0.29) is 23.9 Å². The molecule has 2 unspecified atom stereocenters. The van der Waals surface area contributed by atoms with Crippen molar-refractivity contribution in [2.24, 2.45) is 5.92 Å². The average Bonchev–Trinajstić information content (AvgIpc) is 2.75. The van der Waals surface area contributed by atoms with Gasteiger partial charge in [0.1, 0.15) is 5.82 Å². The Hall–Kier alpha value is -1.17. The van der Waals surface area contributed by atoms with Gasteiger partial charge in [-0.25, -0.2) is 4.39 Å². The SMILES string of the molecule is Cc1ccc(F)c(C(=O)NCC2CNCC2O)c1.Cl. The van der Waals surface area contributed by atoms with E-state index in [0.717, 1.165) is 5.56 Å². The molecule has 4 nitrogen and oxygen atoms in total. The fourth-order valence-electron chi connectivity index (χ4n) is 2.06. The van der Waals surface area contributed by atoms with Gasteiger partial charge in [-0.05, 0) is 19.1 Å². The van der Waals surface area contributed by atoms with Crippen LogP contribution in [-0.2, 0) is 0 Å². The first-order valence-electron chi connectivity index (χ1n) is 6.01. The predicted molar refractivity (Wildman–Crippen MR) is 73.1 cm³/mol. The van der Waals surface area contributed by atoms with Gasteiger partial charge in [-0.1, -0.05) is 11.6 Å². The Kier molecular flexibility index (Phi) is 5.72. The van der Waals surface area contributed by atoms with Crippen LogP contribution in [0.25, 0.3) is 0 Å².